The summed E-state index contributed by atoms with van der Waals surface area (Å²) in [7, 11) is 1.91. The number of urea groups is 1. The Labute approximate surface area is 129 Å². The molecule has 118 valence electrons. The van der Waals surface area contributed by atoms with Crippen LogP contribution in [0.3, 0.4) is 0 Å². The zero-order chi connectivity index (χ0) is 15.3. The van der Waals surface area contributed by atoms with Gasteiger partial charge in [-0.3, -0.25) is 9.48 Å². The normalized spacial score (nSPS) is 25.0. The summed E-state index contributed by atoms with van der Waals surface area (Å²) < 4.78 is 1.81. The number of rotatable bonds is 2. The predicted octanol–water partition coefficient (Wildman–Crippen LogP) is 0.0760. The molecule has 7 nitrogen and oxygen atoms in total. The number of nitrogens with zero attached hydrogens (tertiary/aromatic N) is 4. The van der Waals surface area contributed by atoms with Crippen LogP contribution >= 0.6 is 0 Å². The molecular weight excluding hydrogens is 282 g/mol. The number of hydrogen-bond donors (Lipinski definition) is 1. The summed E-state index contributed by atoms with van der Waals surface area (Å²) in [6.07, 6.45) is 4.88. The fraction of sp³-hybridized carbons (Fsp3) is 0.667. The molecule has 1 aromatic heterocycles. The number of aromatic nitrogens is 2. The van der Waals surface area contributed by atoms with Crippen LogP contribution in [0.4, 0.5) is 4.79 Å². The predicted molar refractivity (Wildman–Crippen MR) is 79.4 cm³/mol. The van der Waals surface area contributed by atoms with Gasteiger partial charge in [-0.1, -0.05) is 0 Å². The van der Waals surface area contributed by atoms with Gasteiger partial charge in [0.05, 0.1) is 17.7 Å². The molecule has 2 fully saturated rings. The standard InChI is InChI=1S/C15H21N5O2/c1-18-9-12-11(3-2-4-13(12)17-18)14(21)19-7-10(8-19)20-6-5-16-15(20)22/h9-11H,2-8H2,1H3,(H,16,22). The van der Waals surface area contributed by atoms with E-state index in [1.165, 1.54) is 0 Å². The van der Waals surface area contributed by atoms with Crippen LogP contribution < -0.4 is 5.32 Å². The molecular formula is C15H21N5O2. The Bertz CT molecular complexity index is 619. The van der Waals surface area contributed by atoms with Gasteiger partial charge >= 0.3 is 6.03 Å². The molecule has 1 unspecified atom stereocenters. The largest absolute Gasteiger partial charge is 0.338 e. The van der Waals surface area contributed by atoms with Gasteiger partial charge in [-0.05, 0) is 19.3 Å². The van der Waals surface area contributed by atoms with Crippen LogP contribution in [0.25, 0.3) is 0 Å². The number of fused-ring (bicyclic) bond motifs is 1. The van der Waals surface area contributed by atoms with E-state index in [9.17, 15) is 9.59 Å². The second-order valence-electron chi connectivity index (χ2n) is 6.47. The number of amides is 3. The topological polar surface area (TPSA) is 70.5 Å². The Morgan fingerprint density at radius 1 is 1.41 bits per heavy atom. The monoisotopic (exact) mass is 303 g/mol. The molecule has 0 bridgehead atoms. The molecule has 3 aliphatic rings. The highest BCUT2D eigenvalue weighted by molar-refractivity contribution is 5.85. The van der Waals surface area contributed by atoms with Gasteiger partial charge < -0.3 is 15.1 Å². The molecule has 7 heteroatoms. The van der Waals surface area contributed by atoms with Crippen LogP contribution in [0.2, 0.25) is 0 Å². The number of hydrogen-bond acceptors (Lipinski definition) is 3. The minimum absolute atomic E-state index is 0.00399. The quantitative estimate of drug-likeness (QED) is 0.841. The fourth-order valence-corrected chi connectivity index (χ4v) is 3.81. The molecule has 0 saturated carbocycles. The third kappa shape index (κ3) is 2.07. The van der Waals surface area contributed by atoms with Crippen molar-refractivity contribution in [2.45, 2.75) is 31.2 Å². The van der Waals surface area contributed by atoms with Crippen molar-refractivity contribution >= 4 is 11.9 Å². The zero-order valence-corrected chi connectivity index (χ0v) is 12.8. The second-order valence-corrected chi connectivity index (χ2v) is 6.47. The molecule has 1 atom stereocenters. The molecule has 1 aliphatic carbocycles. The van der Waals surface area contributed by atoms with Crippen molar-refractivity contribution in [2.75, 3.05) is 26.2 Å². The molecule has 2 aliphatic heterocycles. The van der Waals surface area contributed by atoms with Gasteiger partial charge in [-0.25, -0.2) is 4.79 Å². The van der Waals surface area contributed by atoms with E-state index in [0.717, 1.165) is 37.1 Å². The van der Waals surface area contributed by atoms with Crippen molar-refractivity contribution in [3.05, 3.63) is 17.5 Å². The van der Waals surface area contributed by atoms with Crippen LogP contribution in [0.5, 0.6) is 0 Å². The first kappa shape index (κ1) is 13.6. The second kappa shape index (κ2) is 5.00. The minimum Gasteiger partial charge on any atom is -0.338 e. The highest BCUT2D eigenvalue weighted by Gasteiger charge is 2.41. The Hall–Kier alpha value is -2.05. The van der Waals surface area contributed by atoms with Crippen LogP contribution in [0, 0.1) is 0 Å². The third-order valence-corrected chi connectivity index (χ3v) is 5.02. The SMILES string of the molecule is Cn1cc2c(n1)CCCC2C(=O)N1CC(N2CCNC2=O)C1. The van der Waals surface area contributed by atoms with E-state index in [1.807, 2.05) is 27.7 Å². The smallest absolute Gasteiger partial charge is 0.317 e. The highest BCUT2D eigenvalue weighted by Crippen LogP contribution is 2.33. The van der Waals surface area contributed by atoms with Crippen LogP contribution in [-0.4, -0.2) is 63.7 Å². The molecule has 22 heavy (non-hydrogen) atoms. The van der Waals surface area contributed by atoms with Crippen molar-refractivity contribution in [1.82, 2.24) is 24.9 Å². The van der Waals surface area contributed by atoms with E-state index in [1.54, 1.807) is 0 Å². The van der Waals surface area contributed by atoms with Crippen LogP contribution in [0.15, 0.2) is 6.20 Å². The number of nitrogens with one attached hydrogen (secondary N) is 1. The average Bonchev–Trinajstić information content (AvgIpc) is 3.02. The molecule has 1 N–H and O–H groups in total. The lowest BCUT2D eigenvalue weighted by atomic mass is 9.85. The van der Waals surface area contributed by atoms with E-state index in [0.29, 0.717) is 19.6 Å². The van der Waals surface area contributed by atoms with Gasteiger partial charge in [0.2, 0.25) is 5.91 Å². The van der Waals surface area contributed by atoms with Gasteiger partial charge in [0.25, 0.3) is 0 Å². The molecule has 2 saturated heterocycles. The third-order valence-electron chi connectivity index (χ3n) is 5.02. The molecule has 0 radical (unpaired) electrons. The highest BCUT2D eigenvalue weighted by atomic mass is 16.2. The number of aryl methyl sites for hydroxylation is 2. The Balaban J connectivity index is 1.43. The van der Waals surface area contributed by atoms with Crippen LogP contribution in [0.1, 0.15) is 30.0 Å². The zero-order valence-electron chi connectivity index (χ0n) is 12.8. The van der Waals surface area contributed by atoms with Crippen molar-refractivity contribution in [1.29, 1.82) is 0 Å². The lowest BCUT2D eigenvalue weighted by Crippen LogP contribution is -2.62. The first-order chi connectivity index (χ1) is 10.6. The number of carbonyl (C=O) groups is 2. The summed E-state index contributed by atoms with van der Waals surface area (Å²) >= 11 is 0. The summed E-state index contributed by atoms with van der Waals surface area (Å²) in [6, 6.07) is 0.188. The van der Waals surface area contributed by atoms with E-state index < -0.39 is 0 Å². The Morgan fingerprint density at radius 2 is 2.23 bits per heavy atom. The van der Waals surface area contributed by atoms with Crippen molar-refractivity contribution in [3.63, 3.8) is 0 Å². The number of likely N-dealkylation sites (tertiary alicyclic amines) is 1. The molecule has 1 aromatic rings. The van der Waals surface area contributed by atoms with E-state index >= 15 is 0 Å². The average molecular weight is 303 g/mol. The van der Waals surface area contributed by atoms with Gasteiger partial charge in [0, 0.05) is 45.0 Å². The van der Waals surface area contributed by atoms with Gasteiger partial charge in [-0.2, -0.15) is 5.10 Å². The molecule has 0 aromatic carbocycles. The minimum atomic E-state index is -0.0502. The van der Waals surface area contributed by atoms with E-state index in [-0.39, 0.29) is 23.9 Å². The van der Waals surface area contributed by atoms with Gasteiger partial charge in [0.1, 0.15) is 0 Å². The van der Waals surface area contributed by atoms with E-state index in [4.69, 9.17) is 0 Å². The van der Waals surface area contributed by atoms with Crippen molar-refractivity contribution in [2.24, 2.45) is 7.05 Å². The Kier molecular flexibility index (Phi) is 3.09. The summed E-state index contributed by atoms with van der Waals surface area (Å²) in [5.74, 6) is 0.149. The van der Waals surface area contributed by atoms with Gasteiger partial charge in [0.15, 0.2) is 0 Å². The molecule has 4 rings (SSSR count). The maximum Gasteiger partial charge on any atom is 0.317 e. The molecule has 0 spiro atoms. The maximum absolute atomic E-state index is 12.8. The summed E-state index contributed by atoms with van der Waals surface area (Å²) in [6.45, 7) is 2.79. The summed E-state index contributed by atoms with van der Waals surface area (Å²) in [4.78, 5) is 28.2. The maximum atomic E-state index is 12.8. The summed E-state index contributed by atoms with van der Waals surface area (Å²) in [5, 5.41) is 7.27. The molecule has 3 heterocycles. The molecule has 3 amide bonds. The van der Waals surface area contributed by atoms with Gasteiger partial charge in [-0.15, -0.1) is 0 Å². The summed E-state index contributed by atoms with van der Waals surface area (Å²) in [5.41, 5.74) is 2.17. The Morgan fingerprint density at radius 3 is 2.95 bits per heavy atom. The van der Waals surface area contributed by atoms with Crippen molar-refractivity contribution < 1.29 is 9.59 Å². The van der Waals surface area contributed by atoms with E-state index in [2.05, 4.69) is 10.4 Å². The first-order valence-electron chi connectivity index (χ1n) is 7.99. The van der Waals surface area contributed by atoms with Crippen molar-refractivity contribution in [3.8, 4) is 0 Å². The lowest BCUT2D eigenvalue weighted by molar-refractivity contribution is -0.139. The van der Waals surface area contributed by atoms with Crippen LogP contribution in [-0.2, 0) is 18.3 Å². The first-order valence-corrected chi connectivity index (χ1v) is 7.99. The number of carbonyl (C=O) groups excluding carboxylic acids is 2. The lowest BCUT2D eigenvalue weighted by Gasteiger charge is -2.45. The fourth-order valence-electron chi connectivity index (χ4n) is 3.81.